The van der Waals surface area contributed by atoms with Crippen LogP contribution in [0.4, 0.5) is 11.6 Å². The molecule has 3 N–H and O–H groups in total. The summed E-state index contributed by atoms with van der Waals surface area (Å²) in [6.45, 7) is 0. The van der Waals surface area contributed by atoms with Crippen molar-refractivity contribution >= 4 is 52.0 Å². The Bertz CT molecular complexity index is 1290. The zero-order valence-electron chi connectivity index (χ0n) is 16.9. The molecule has 9 nitrogen and oxygen atoms in total. The highest BCUT2D eigenvalue weighted by atomic mass is 35.5. The van der Waals surface area contributed by atoms with Crippen LogP contribution in [0.15, 0.2) is 48.7 Å². The molecule has 0 atom stereocenters. The number of H-pyrrole nitrogens is 1. The zero-order valence-corrected chi connectivity index (χ0v) is 18.4. The van der Waals surface area contributed by atoms with Crippen LogP contribution in [-0.2, 0) is 0 Å². The Morgan fingerprint density at radius 1 is 1.09 bits per heavy atom. The fraction of sp³-hybridized carbons (Fsp3) is 0.0952. The van der Waals surface area contributed by atoms with Gasteiger partial charge in [0.1, 0.15) is 34.8 Å². The summed E-state index contributed by atoms with van der Waals surface area (Å²) in [5.41, 5.74) is 2.28. The molecule has 0 saturated carbocycles. The van der Waals surface area contributed by atoms with Gasteiger partial charge in [-0.3, -0.25) is 9.78 Å². The second-order valence-corrected chi connectivity index (χ2v) is 7.07. The topological polar surface area (TPSA) is 110 Å². The minimum Gasteiger partial charge on any atom is -0.494 e. The SMILES string of the molecule is CNC(=O)c1cc(Oc2ccc3nc(Nc4cc(Cl)c(OCl)cc4OC)[nH]c3c2)ccn1. The Morgan fingerprint density at radius 2 is 1.91 bits per heavy atom. The number of benzene rings is 2. The number of fused-ring (bicyclic) bond motifs is 1. The zero-order chi connectivity index (χ0) is 22.7. The van der Waals surface area contributed by atoms with Crippen LogP contribution < -0.4 is 24.4 Å². The number of carbonyl (C=O) groups is 1. The summed E-state index contributed by atoms with van der Waals surface area (Å²) in [6.07, 6.45) is 1.51. The lowest BCUT2D eigenvalue weighted by atomic mass is 10.2. The second-order valence-electron chi connectivity index (χ2n) is 6.51. The third kappa shape index (κ3) is 4.48. The molecular formula is C21H17Cl2N5O4. The van der Waals surface area contributed by atoms with Crippen molar-refractivity contribution in [3.05, 3.63) is 59.4 Å². The van der Waals surface area contributed by atoms with Crippen LogP contribution in [-0.4, -0.2) is 35.0 Å². The van der Waals surface area contributed by atoms with Gasteiger partial charge in [-0.1, -0.05) is 11.6 Å². The second kappa shape index (κ2) is 9.21. The third-order valence-corrected chi connectivity index (χ3v) is 4.93. The van der Waals surface area contributed by atoms with Crippen molar-refractivity contribution in [2.45, 2.75) is 0 Å². The summed E-state index contributed by atoms with van der Waals surface area (Å²) < 4.78 is 15.9. The van der Waals surface area contributed by atoms with Gasteiger partial charge in [-0.15, -0.1) is 0 Å². The summed E-state index contributed by atoms with van der Waals surface area (Å²) in [5, 5.41) is 5.97. The first-order valence-electron chi connectivity index (χ1n) is 9.29. The Balaban J connectivity index is 1.58. The van der Waals surface area contributed by atoms with Gasteiger partial charge in [-0.05, 0) is 24.3 Å². The number of methoxy groups -OCH3 is 1. The fourth-order valence-corrected chi connectivity index (χ4v) is 3.33. The van der Waals surface area contributed by atoms with E-state index in [1.807, 2.05) is 6.07 Å². The smallest absolute Gasteiger partial charge is 0.269 e. The first-order chi connectivity index (χ1) is 15.5. The summed E-state index contributed by atoms with van der Waals surface area (Å²) in [7, 11) is 3.06. The molecule has 2 heterocycles. The maximum Gasteiger partial charge on any atom is 0.269 e. The van der Waals surface area contributed by atoms with Crippen molar-refractivity contribution in [3.63, 3.8) is 0 Å². The molecule has 2 aromatic carbocycles. The Morgan fingerprint density at radius 3 is 2.66 bits per heavy atom. The summed E-state index contributed by atoms with van der Waals surface area (Å²) in [5.74, 6) is 1.97. The van der Waals surface area contributed by atoms with E-state index in [0.29, 0.717) is 39.4 Å². The van der Waals surface area contributed by atoms with Gasteiger partial charge >= 0.3 is 0 Å². The Hall–Kier alpha value is -3.69. The maximum atomic E-state index is 11.8. The summed E-state index contributed by atoms with van der Waals surface area (Å²) >= 11 is 11.6. The molecule has 0 unspecified atom stereocenters. The maximum absolute atomic E-state index is 11.8. The lowest BCUT2D eigenvalue weighted by Gasteiger charge is -2.11. The van der Waals surface area contributed by atoms with E-state index in [9.17, 15) is 4.79 Å². The van der Waals surface area contributed by atoms with Crippen molar-refractivity contribution < 1.29 is 18.6 Å². The quantitative estimate of drug-likeness (QED) is 0.344. The molecule has 0 spiro atoms. The third-order valence-electron chi connectivity index (χ3n) is 4.47. The lowest BCUT2D eigenvalue weighted by molar-refractivity contribution is 0.0958. The predicted molar refractivity (Wildman–Crippen MR) is 122 cm³/mol. The minimum absolute atomic E-state index is 0.261. The molecular weight excluding hydrogens is 457 g/mol. The monoisotopic (exact) mass is 473 g/mol. The Labute approximate surface area is 192 Å². The van der Waals surface area contributed by atoms with Crippen molar-refractivity contribution in [1.29, 1.82) is 0 Å². The van der Waals surface area contributed by atoms with E-state index in [4.69, 9.17) is 37.2 Å². The van der Waals surface area contributed by atoms with Crippen molar-refractivity contribution in [2.24, 2.45) is 0 Å². The molecule has 164 valence electrons. The van der Waals surface area contributed by atoms with E-state index < -0.39 is 0 Å². The number of hydrogen-bond donors (Lipinski definition) is 3. The molecule has 32 heavy (non-hydrogen) atoms. The first kappa shape index (κ1) is 21.5. The van der Waals surface area contributed by atoms with Crippen LogP contribution in [0.5, 0.6) is 23.0 Å². The number of nitrogens with zero attached hydrogens (tertiary/aromatic N) is 2. The molecule has 0 aliphatic carbocycles. The van der Waals surface area contributed by atoms with Crippen molar-refractivity contribution in [3.8, 4) is 23.0 Å². The van der Waals surface area contributed by atoms with Gasteiger partial charge in [0, 0.05) is 31.4 Å². The van der Waals surface area contributed by atoms with Gasteiger partial charge in [0.05, 0.1) is 28.9 Å². The van der Waals surface area contributed by atoms with Crippen molar-refractivity contribution in [2.75, 3.05) is 19.5 Å². The predicted octanol–water partition coefficient (Wildman–Crippen LogP) is 5.05. The molecule has 4 aromatic rings. The van der Waals surface area contributed by atoms with Gasteiger partial charge in [0.15, 0.2) is 5.75 Å². The normalized spacial score (nSPS) is 10.6. The summed E-state index contributed by atoms with van der Waals surface area (Å²) in [4.78, 5) is 23.5. The number of ether oxygens (including phenoxy) is 2. The molecule has 1 amide bonds. The minimum atomic E-state index is -0.295. The van der Waals surface area contributed by atoms with E-state index in [-0.39, 0.29) is 17.4 Å². The Kier molecular flexibility index (Phi) is 6.20. The van der Waals surface area contributed by atoms with Crippen LogP contribution in [0.1, 0.15) is 10.5 Å². The summed E-state index contributed by atoms with van der Waals surface area (Å²) in [6, 6.07) is 11.8. The number of anilines is 2. The number of imidazole rings is 1. The number of hydrogen-bond acceptors (Lipinski definition) is 7. The molecule has 0 fully saturated rings. The van der Waals surface area contributed by atoms with E-state index in [0.717, 1.165) is 5.52 Å². The molecule has 0 saturated heterocycles. The van der Waals surface area contributed by atoms with Crippen LogP contribution in [0.25, 0.3) is 11.0 Å². The standard InChI is InChI=1S/C21H17Cl2N5O4/c1-24-20(29)17-8-12(5-6-25-17)31-11-3-4-14-15(7-11)27-21(26-14)28-16-9-13(22)18(32-23)10-19(16)30-2/h3-10H,1-2H3,(H,24,29)(H2,26,27,28). The van der Waals surface area contributed by atoms with Gasteiger partial charge < -0.3 is 29.4 Å². The molecule has 2 aromatic heterocycles. The van der Waals surface area contributed by atoms with E-state index in [1.165, 1.54) is 13.3 Å². The largest absolute Gasteiger partial charge is 0.494 e. The van der Waals surface area contributed by atoms with Crippen molar-refractivity contribution in [1.82, 2.24) is 20.3 Å². The van der Waals surface area contributed by atoms with Crippen LogP contribution in [0, 0.1) is 0 Å². The average Bonchev–Trinajstić information content (AvgIpc) is 3.20. The molecule has 0 bridgehead atoms. The molecule has 0 radical (unpaired) electrons. The highest BCUT2D eigenvalue weighted by molar-refractivity contribution is 6.32. The number of nitrogens with one attached hydrogen (secondary N) is 3. The molecule has 4 rings (SSSR count). The number of rotatable bonds is 7. The number of pyridine rings is 1. The van der Waals surface area contributed by atoms with Crippen LogP contribution in [0.2, 0.25) is 5.02 Å². The fourth-order valence-electron chi connectivity index (χ4n) is 2.96. The van der Waals surface area contributed by atoms with E-state index in [2.05, 4.69) is 25.6 Å². The molecule has 11 heteroatoms. The van der Waals surface area contributed by atoms with E-state index >= 15 is 0 Å². The van der Waals surface area contributed by atoms with Crippen LogP contribution in [0.3, 0.4) is 0 Å². The lowest BCUT2D eigenvalue weighted by Crippen LogP contribution is -2.18. The number of amides is 1. The number of aromatic nitrogens is 3. The number of aromatic amines is 1. The van der Waals surface area contributed by atoms with Gasteiger partial charge in [0.2, 0.25) is 5.95 Å². The molecule has 0 aliphatic rings. The van der Waals surface area contributed by atoms with Gasteiger partial charge in [-0.2, -0.15) is 0 Å². The number of carbonyl (C=O) groups excluding carboxylic acids is 1. The van der Waals surface area contributed by atoms with Crippen LogP contribution >= 0.6 is 23.5 Å². The van der Waals surface area contributed by atoms with Gasteiger partial charge in [-0.25, -0.2) is 4.98 Å². The van der Waals surface area contributed by atoms with E-state index in [1.54, 1.807) is 43.4 Å². The number of halogens is 2. The average molecular weight is 474 g/mol. The first-order valence-corrected chi connectivity index (χ1v) is 9.98. The highest BCUT2D eigenvalue weighted by Crippen LogP contribution is 2.38. The molecule has 0 aliphatic heterocycles. The van der Waals surface area contributed by atoms with Gasteiger partial charge in [0.25, 0.3) is 5.91 Å². The highest BCUT2D eigenvalue weighted by Gasteiger charge is 2.13.